The summed E-state index contributed by atoms with van der Waals surface area (Å²) in [6.45, 7) is 4.22. The monoisotopic (exact) mass is 657 g/mol. The predicted octanol–water partition coefficient (Wildman–Crippen LogP) is 3.49. The molecule has 4 rings (SSSR count). The molecule has 0 saturated heterocycles. The molecule has 2 heterocycles. The fourth-order valence-electron chi connectivity index (χ4n) is 4.43. The van der Waals surface area contributed by atoms with Gasteiger partial charge >= 0.3 is 5.97 Å². The Morgan fingerprint density at radius 1 is 1.16 bits per heavy atom. The summed E-state index contributed by atoms with van der Waals surface area (Å²) in [5.41, 5.74) is 6.21. The van der Waals surface area contributed by atoms with E-state index in [0.717, 1.165) is 6.07 Å². The number of nitrogens with one attached hydrogen (secondary N) is 3. The molecular formula is C28H31Cl3FN5O6. The maximum absolute atomic E-state index is 13.7. The topological polar surface area (TPSA) is 165 Å². The summed E-state index contributed by atoms with van der Waals surface area (Å²) in [6, 6.07) is 6.29. The molecule has 0 fully saturated rings. The number of aromatic nitrogens is 2. The number of aromatic amines is 1. The molecule has 2 amide bonds. The van der Waals surface area contributed by atoms with Crippen LogP contribution in [0.25, 0.3) is 0 Å². The first kappa shape index (κ1) is 35.5. The zero-order valence-electron chi connectivity index (χ0n) is 23.3. The molecule has 1 aromatic heterocycles. The Balaban J connectivity index is 0.00000323. The Labute approximate surface area is 264 Å². The van der Waals surface area contributed by atoms with Crippen LogP contribution in [-0.2, 0) is 20.7 Å². The van der Waals surface area contributed by atoms with Gasteiger partial charge in [0.05, 0.1) is 23.4 Å². The number of amides is 2. The Morgan fingerprint density at radius 2 is 1.86 bits per heavy atom. The van der Waals surface area contributed by atoms with Crippen molar-refractivity contribution in [3.8, 4) is 5.75 Å². The maximum Gasteiger partial charge on any atom is 0.325 e. The fraction of sp³-hybridized carbons (Fsp3) is 0.321. The molecule has 0 aliphatic carbocycles. The van der Waals surface area contributed by atoms with Crippen LogP contribution >= 0.6 is 36.4 Å². The highest BCUT2D eigenvalue weighted by atomic mass is 35.5. The van der Waals surface area contributed by atoms with Crippen LogP contribution in [0.5, 0.6) is 5.75 Å². The third-order valence-corrected chi connectivity index (χ3v) is 6.87. The molecule has 1 aliphatic rings. The van der Waals surface area contributed by atoms with Gasteiger partial charge in [-0.3, -0.25) is 19.2 Å². The van der Waals surface area contributed by atoms with Gasteiger partial charge in [-0.2, -0.15) is 0 Å². The van der Waals surface area contributed by atoms with E-state index in [1.165, 1.54) is 31.6 Å². The summed E-state index contributed by atoms with van der Waals surface area (Å²) < 4.78 is 25.6. The van der Waals surface area contributed by atoms with Crippen molar-refractivity contribution in [2.24, 2.45) is 5.73 Å². The van der Waals surface area contributed by atoms with E-state index in [1.54, 1.807) is 32.0 Å². The van der Waals surface area contributed by atoms with E-state index in [9.17, 15) is 23.6 Å². The minimum absolute atomic E-state index is 0. The molecule has 0 spiro atoms. The van der Waals surface area contributed by atoms with Crippen molar-refractivity contribution in [3.63, 3.8) is 0 Å². The minimum atomic E-state index is -1.17. The summed E-state index contributed by atoms with van der Waals surface area (Å²) >= 11 is 5.87. The van der Waals surface area contributed by atoms with Gasteiger partial charge < -0.3 is 30.8 Å². The van der Waals surface area contributed by atoms with E-state index < -0.39 is 53.9 Å². The van der Waals surface area contributed by atoms with Crippen LogP contribution in [0.4, 0.5) is 4.39 Å². The van der Waals surface area contributed by atoms with Gasteiger partial charge in [0.2, 0.25) is 5.91 Å². The fourth-order valence-corrected chi connectivity index (χ4v) is 4.61. The molecule has 3 aromatic rings. The number of Topliss-reactive ketones (excluding diaryl/α,β-unsaturated/α-hetero) is 1. The zero-order chi connectivity index (χ0) is 29.9. The molecule has 0 radical (unpaired) electrons. The van der Waals surface area contributed by atoms with Crippen molar-refractivity contribution in [3.05, 3.63) is 82.1 Å². The third-order valence-electron chi connectivity index (χ3n) is 6.58. The molecule has 0 unspecified atom stereocenters. The van der Waals surface area contributed by atoms with Crippen LogP contribution in [0.2, 0.25) is 5.02 Å². The average Bonchev–Trinajstić information content (AvgIpc) is 3.43. The van der Waals surface area contributed by atoms with E-state index in [-0.39, 0.29) is 47.6 Å². The Kier molecular flexibility index (Phi) is 12.1. The van der Waals surface area contributed by atoms with Gasteiger partial charge in [-0.25, -0.2) is 9.37 Å². The van der Waals surface area contributed by atoms with E-state index in [0.29, 0.717) is 22.6 Å². The number of ketones is 1. The molecule has 2 aromatic carbocycles. The van der Waals surface area contributed by atoms with Crippen LogP contribution < -0.4 is 21.1 Å². The number of ether oxygens (including phenoxy) is 2. The lowest BCUT2D eigenvalue weighted by Gasteiger charge is -2.44. The number of benzene rings is 2. The van der Waals surface area contributed by atoms with E-state index in [1.807, 2.05) is 0 Å². The van der Waals surface area contributed by atoms with Crippen LogP contribution in [0.3, 0.4) is 0 Å². The first-order chi connectivity index (χ1) is 19.4. The van der Waals surface area contributed by atoms with Crippen LogP contribution in [-0.4, -0.2) is 57.8 Å². The predicted molar refractivity (Wildman–Crippen MR) is 160 cm³/mol. The molecule has 0 saturated carbocycles. The van der Waals surface area contributed by atoms with Crippen molar-refractivity contribution in [2.45, 2.75) is 51.0 Å². The van der Waals surface area contributed by atoms with Gasteiger partial charge in [0, 0.05) is 35.0 Å². The molecule has 43 heavy (non-hydrogen) atoms. The van der Waals surface area contributed by atoms with Gasteiger partial charge in [-0.1, -0.05) is 11.6 Å². The standard InChI is InChI=1S/C28H29ClFN5O6.2ClH/c1-14(36)15-5-7-22-18(8-15)24(35-26(38)16-4-6-20(30)19(29)9-16)25(28(2,3)41-22)40-23(37)12-33-27(39)21(31)10-17-11-32-13-34-17;;/h4-9,11,13,21,24-25H,10,12,31H2,1-3H3,(H,32,34)(H,33,39)(H,35,38);2*1H/t21-,24+,25-;;/m0../s1. The Morgan fingerprint density at radius 3 is 2.49 bits per heavy atom. The highest BCUT2D eigenvalue weighted by molar-refractivity contribution is 6.31. The second-order valence-corrected chi connectivity index (χ2v) is 10.5. The van der Waals surface area contributed by atoms with Gasteiger partial charge in [0.1, 0.15) is 23.7 Å². The second-order valence-electron chi connectivity index (χ2n) is 10.1. The van der Waals surface area contributed by atoms with Gasteiger partial charge in [0.15, 0.2) is 11.9 Å². The number of imidazole rings is 1. The summed E-state index contributed by atoms with van der Waals surface area (Å²) in [7, 11) is 0. The Hall–Kier alpha value is -3.71. The summed E-state index contributed by atoms with van der Waals surface area (Å²) in [4.78, 5) is 57.5. The van der Waals surface area contributed by atoms with Gasteiger partial charge in [-0.05, 0) is 57.2 Å². The van der Waals surface area contributed by atoms with E-state index in [4.69, 9.17) is 26.8 Å². The smallest absolute Gasteiger partial charge is 0.325 e. The number of carbonyl (C=O) groups is 4. The first-order valence-corrected chi connectivity index (χ1v) is 13.0. The number of esters is 1. The van der Waals surface area contributed by atoms with E-state index >= 15 is 0 Å². The molecule has 15 heteroatoms. The SMILES string of the molecule is CC(=O)c1ccc2c(c1)[C@@H](NC(=O)c1ccc(F)c(Cl)c1)[C@H](OC(=O)CNC(=O)[C@@H](N)Cc1cnc[nH]1)C(C)(C)O2.Cl.Cl. The van der Waals surface area contributed by atoms with Gasteiger partial charge in [0.25, 0.3) is 5.91 Å². The Bertz CT molecular complexity index is 1490. The first-order valence-electron chi connectivity index (χ1n) is 12.7. The quantitative estimate of drug-likeness (QED) is 0.200. The lowest BCUT2D eigenvalue weighted by molar-refractivity contribution is -0.164. The highest BCUT2D eigenvalue weighted by Gasteiger charge is 2.47. The summed E-state index contributed by atoms with van der Waals surface area (Å²) in [5, 5.41) is 5.03. The molecule has 232 valence electrons. The van der Waals surface area contributed by atoms with Crippen molar-refractivity contribution >= 4 is 60.0 Å². The largest absolute Gasteiger partial charge is 0.484 e. The zero-order valence-corrected chi connectivity index (χ0v) is 25.7. The number of hydrogen-bond acceptors (Lipinski definition) is 8. The molecule has 1 aliphatic heterocycles. The number of hydrogen-bond donors (Lipinski definition) is 4. The summed E-state index contributed by atoms with van der Waals surface area (Å²) in [6.07, 6.45) is 2.07. The van der Waals surface area contributed by atoms with Crippen LogP contribution in [0.1, 0.15) is 58.8 Å². The number of halogens is 4. The number of nitrogens with zero attached hydrogens (tertiary/aromatic N) is 1. The molecule has 11 nitrogen and oxygen atoms in total. The second kappa shape index (κ2) is 14.6. The molecule has 3 atom stereocenters. The van der Waals surface area contributed by atoms with Crippen LogP contribution in [0, 0.1) is 5.82 Å². The number of H-pyrrole nitrogens is 1. The van der Waals surface area contributed by atoms with Crippen LogP contribution in [0.15, 0.2) is 48.9 Å². The number of rotatable bonds is 9. The van der Waals surface area contributed by atoms with E-state index in [2.05, 4.69) is 20.6 Å². The van der Waals surface area contributed by atoms with Crippen molar-refractivity contribution in [1.82, 2.24) is 20.6 Å². The molecule has 0 bridgehead atoms. The maximum atomic E-state index is 13.7. The summed E-state index contributed by atoms with van der Waals surface area (Å²) in [5.74, 6) is -2.57. The number of carbonyl (C=O) groups excluding carboxylic acids is 4. The number of fused-ring (bicyclic) bond motifs is 1. The normalized spacial score (nSPS) is 17.1. The molecular weight excluding hydrogens is 628 g/mol. The highest BCUT2D eigenvalue weighted by Crippen LogP contribution is 2.42. The molecule has 5 N–H and O–H groups in total. The van der Waals surface area contributed by atoms with Gasteiger partial charge in [-0.15, -0.1) is 24.8 Å². The lowest BCUT2D eigenvalue weighted by Crippen LogP contribution is -2.56. The van der Waals surface area contributed by atoms with Crippen molar-refractivity contribution in [2.75, 3.05) is 6.54 Å². The van der Waals surface area contributed by atoms with Crippen molar-refractivity contribution in [1.29, 1.82) is 0 Å². The average molecular weight is 659 g/mol. The minimum Gasteiger partial charge on any atom is -0.484 e. The van der Waals surface area contributed by atoms with Crippen molar-refractivity contribution < 1.29 is 33.0 Å². The third kappa shape index (κ3) is 8.44. The lowest BCUT2D eigenvalue weighted by atomic mass is 9.85. The number of nitrogens with two attached hydrogens (primary N) is 1.